The van der Waals surface area contributed by atoms with E-state index in [1.54, 1.807) is 0 Å². The molecule has 4 nitrogen and oxygen atoms in total. The predicted molar refractivity (Wildman–Crippen MR) is 141 cm³/mol. The first-order valence-electron chi connectivity index (χ1n) is 12.4. The maximum Gasteiger partial charge on any atom is 0.230 e. The molecule has 1 fully saturated rings. The average Bonchev–Trinajstić information content (AvgIpc) is 2.83. The molecule has 0 radical (unpaired) electrons. The second-order valence-electron chi connectivity index (χ2n) is 9.44. The summed E-state index contributed by atoms with van der Waals surface area (Å²) < 4.78 is 0. The third-order valence-electron chi connectivity index (χ3n) is 6.47. The van der Waals surface area contributed by atoms with E-state index in [-0.39, 0.29) is 24.2 Å². The quantitative estimate of drug-likeness (QED) is 0.426. The van der Waals surface area contributed by atoms with Crippen LogP contribution in [0.2, 0.25) is 0 Å². The van der Waals surface area contributed by atoms with Crippen LogP contribution in [-0.2, 0) is 11.2 Å². The van der Waals surface area contributed by atoms with Gasteiger partial charge in [0.15, 0.2) is 0 Å². The third-order valence-corrected chi connectivity index (χ3v) is 6.47. The number of nitrogens with zero attached hydrogens (tertiary/aromatic N) is 1. The molecule has 0 spiro atoms. The van der Waals surface area contributed by atoms with Crippen LogP contribution >= 0.6 is 12.4 Å². The van der Waals surface area contributed by atoms with Crippen molar-refractivity contribution in [2.45, 2.75) is 57.9 Å². The van der Waals surface area contributed by atoms with Gasteiger partial charge in [-0.05, 0) is 68.8 Å². The van der Waals surface area contributed by atoms with Crippen molar-refractivity contribution >= 4 is 18.3 Å². The number of nitrogens with one attached hydrogen (secondary N) is 2. The Morgan fingerprint density at radius 3 is 2.18 bits per heavy atom. The number of halogens is 1. The number of rotatable bonds is 12. The second kappa shape index (κ2) is 15.1. The number of unbranched alkanes of at least 4 members (excludes halogenated alkanes) is 1. The Hall–Kier alpha value is -1.88. The molecule has 1 aliphatic heterocycles. The number of amides is 1. The van der Waals surface area contributed by atoms with Gasteiger partial charge in [0.05, 0.1) is 5.92 Å². The molecule has 1 unspecified atom stereocenters. The van der Waals surface area contributed by atoms with Crippen LogP contribution < -0.4 is 10.6 Å². The Morgan fingerprint density at radius 2 is 1.55 bits per heavy atom. The largest absolute Gasteiger partial charge is 0.342 e. The van der Waals surface area contributed by atoms with Crippen molar-refractivity contribution < 1.29 is 4.79 Å². The summed E-state index contributed by atoms with van der Waals surface area (Å²) in [5.41, 5.74) is 2.34. The van der Waals surface area contributed by atoms with Gasteiger partial charge in [-0.1, -0.05) is 74.5 Å². The van der Waals surface area contributed by atoms with Gasteiger partial charge >= 0.3 is 0 Å². The fourth-order valence-electron chi connectivity index (χ4n) is 4.53. The third kappa shape index (κ3) is 9.48. The van der Waals surface area contributed by atoms with Crippen molar-refractivity contribution in [1.29, 1.82) is 0 Å². The smallest absolute Gasteiger partial charge is 0.230 e. The first-order valence-corrected chi connectivity index (χ1v) is 12.4. The molecule has 1 saturated heterocycles. The molecule has 0 aliphatic carbocycles. The van der Waals surface area contributed by atoms with Gasteiger partial charge in [0.25, 0.3) is 0 Å². The van der Waals surface area contributed by atoms with Crippen LogP contribution in [0.4, 0.5) is 0 Å². The molecular weight excluding hydrogens is 430 g/mol. The highest BCUT2D eigenvalue weighted by molar-refractivity contribution is 5.85. The predicted octanol–water partition coefficient (Wildman–Crippen LogP) is 5.04. The summed E-state index contributed by atoms with van der Waals surface area (Å²) in [6.07, 6.45) is 5.40. The summed E-state index contributed by atoms with van der Waals surface area (Å²) >= 11 is 0. The van der Waals surface area contributed by atoms with Crippen LogP contribution in [0.1, 0.15) is 56.6 Å². The Bertz CT molecular complexity index is 776. The zero-order valence-electron chi connectivity index (χ0n) is 20.3. The second-order valence-corrected chi connectivity index (χ2v) is 9.44. The van der Waals surface area contributed by atoms with E-state index in [1.807, 2.05) is 24.3 Å². The molecule has 1 amide bonds. The van der Waals surface area contributed by atoms with Gasteiger partial charge in [-0.3, -0.25) is 4.79 Å². The summed E-state index contributed by atoms with van der Waals surface area (Å²) in [6, 6.07) is 21.3. The molecular formula is C28H42ClN3O. The van der Waals surface area contributed by atoms with Crippen LogP contribution in [0.15, 0.2) is 60.7 Å². The monoisotopic (exact) mass is 471 g/mol. The lowest BCUT2D eigenvalue weighted by Gasteiger charge is -2.34. The highest BCUT2D eigenvalue weighted by Gasteiger charge is 2.29. The van der Waals surface area contributed by atoms with Crippen molar-refractivity contribution in [2.24, 2.45) is 5.92 Å². The minimum Gasteiger partial charge on any atom is -0.342 e. The standard InChI is InChI=1S/C28H41N3O.ClH/c1-23(2)30-18-10-9-17-29-22-25-15-19-31(20-16-25)28(32)27(26-13-7-4-8-14-26)21-24-11-5-3-6-12-24;/h3-8,11-14,23,25,27,29-30H,9-10,15-22H2,1-2H3;1H. The van der Waals surface area contributed by atoms with Crippen LogP contribution in [0.5, 0.6) is 0 Å². The molecule has 0 saturated carbocycles. The van der Waals surface area contributed by atoms with E-state index in [1.165, 1.54) is 18.4 Å². The fourth-order valence-corrected chi connectivity index (χ4v) is 4.53. The molecule has 0 aromatic heterocycles. The van der Waals surface area contributed by atoms with Gasteiger partial charge in [-0.2, -0.15) is 0 Å². The van der Waals surface area contributed by atoms with Crippen molar-refractivity contribution in [3.63, 3.8) is 0 Å². The fraction of sp³-hybridized carbons (Fsp3) is 0.536. The van der Waals surface area contributed by atoms with Crippen LogP contribution in [-0.4, -0.2) is 49.6 Å². The maximum atomic E-state index is 13.5. The van der Waals surface area contributed by atoms with E-state index >= 15 is 0 Å². The molecule has 0 bridgehead atoms. The van der Waals surface area contributed by atoms with Crippen LogP contribution in [0.3, 0.4) is 0 Å². The number of carbonyl (C=O) groups excluding carboxylic acids is 1. The number of hydrogen-bond acceptors (Lipinski definition) is 3. The summed E-state index contributed by atoms with van der Waals surface area (Å²) in [7, 11) is 0. The van der Waals surface area contributed by atoms with Gasteiger partial charge in [-0.15, -0.1) is 12.4 Å². The van der Waals surface area contributed by atoms with Crippen molar-refractivity contribution in [1.82, 2.24) is 15.5 Å². The molecule has 2 aromatic carbocycles. The van der Waals surface area contributed by atoms with Gasteiger partial charge < -0.3 is 15.5 Å². The molecule has 5 heteroatoms. The Labute approximate surface area is 206 Å². The lowest BCUT2D eigenvalue weighted by molar-refractivity contribution is -0.134. The number of benzene rings is 2. The van der Waals surface area contributed by atoms with E-state index in [0.717, 1.165) is 57.5 Å². The molecule has 182 valence electrons. The van der Waals surface area contributed by atoms with Crippen LogP contribution in [0.25, 0.3) is 0 Å². The number of likely N-dealkylation sites (tertiary alicyclic amines) is 1. The highest BCUT2D eigenvalue weighted by atomic mass is 35.5. The average molecular weight is 472 g/mol. The molecule has 1 atom stereocenters. The zero-order valence-corrected chi connectivity index (χ0v) is 21.2. The van der Waals surface area contributed by atoms with E-state index in [2.05, 4.69) is 65.8 Å². The first kappa shape index (κ1) is 27.4. The van der Waals surface area contributed by atoms with Crippen LogP contribution in [0, 0.1) is 5.92 Å². The van der Waals surface area contributed by atoms with E-state index in [0.29, 0.717) is 12.0 Å². The van der Waals surface area contributed by atoms with Crippen molar-refractivity contribution in [2.75, 3.05) is 32.7 Å². The normalized spacial score (nSPS) is 15.3. The number of hydrogen-bond donors (Lipinski definition) is 2. The first-order chi connectivity index (χ1) is 15.6. The Morgan fingerprint density at radius 1 is 0.939 bits per heavy atom. The summed E-state index contributed by atoms with van der Waals surface area (Å²) in [6.45, 7) is 9.41. The lowest BCUT2D eigenvalue weighted by atomic mass is 9.89. The van der Waals surface area contributed by atoms with E-state index in [9.17, 15) is 4.79 Å². The molecule has 2 aromatic rings. The topological polar surface area (TPSA) is 44.4 Å². The summed E-state index contributed by atoms with van der Waals surface area (Å²) in [5, 5.41) is 7.11. The van der Waals surface area contributed by atoms with Gasteiger partial charge in [0, 0.05) is 19.1 Å². The molecule has 1 heterocycles. The van der Waals surface area contributed by atoms with E-state index in [4.69, 9.17) is 0 Å². The highest BCUT2D eigenvalue weighted by Crippen LogP contribution is 2.26. The molecule has 1 aliphatic rings. The van der Waals surface area contributed by atoms with Gasteiger partial charge in [-0.25, -0.2) is 0 Å². The van der Waals surface area contributed by atoms with Gasteiger partial charge in [0.1, 0.15) is 0 Å². The van der Waals surface area contributed by atoms with Crippen molar-refractivity contribution in [3.8, 4) is 0 Å². The summed E-state index contributed by atoms with van der Waals surface area (Å²) in [4.78, 5) is 15.6. The number of piperidine rings is 1. The molecule has 33 heavy (non-hydrogen) atoms. The molecule has 2 N–H and O–H groups in total. The minimum absolute atomic E-state index is 0. The lowest BCUT2D eigenvalue weighted by Crippen LogP contribution is -2.43. The van der Waals surface area contributed by atoms with Crippen molar-refractivity contribution in [3.05, 3.63) is 71.8 Å². The van der Waals surface area contributed by atoms with Gasteiger partial charge in [0.2, 0.25) is 5.91 Å². The number of carbonyl (C=O) groups is 1. The minimum atomic E-state index is -0.104. The SMILES string of the molecule is CC(C)NCCCCNCC1CCN(C(=O)C(Cc2ccccc2)c2ccccc2)CC1.Cl. The summed E-state index contributed by atoms with van der Waals surface area (Å²) in [5.74, 6) is 0.856. The zero-order chi connectivity index (χ0) is 22.6. The molecule has 3 rings (SSSR count). The Kier molecular flexibility index (Phi) is 12.5. The Balaban J connectivity index is 0.00000385. The van der Waals surface area contributed by atoms with E-state index < -0.39 is 0 Å². The maximum absolute atomic E-state index is 13.5.